The Morgan fingerprint density at radius 3 is 2.80 bits per heavy atom. The highest BCUT2D eigenvalue weighted by atomic mass is 32.1. The zero-order valence-corrected chi connectivity index (χ0v) is 20.2. The number of hydrogen-bond donors (Lipinski definition) is 4. The van der Waals surface area contributed by atoms with Gasteiger partial charge in [-0.05, 0) is 62.1 Å². The molecule has 1 aliphatic heterocycles. The van der Waals surface area contributed by atoms with Crippen LogP contribution in [0.5, 0.6) is 0 Å². The van der Waals surface area contributed by atoms with E-state index in [-0.39, 0.29) is 19.0 Å². The lowest BCUT2D eigenvalue weighted by Crippen LogP contribution is -2.58. The maximum absolute atomic E-state index is 13.6. The summed E-state index contributed by atoms with van der Waals surface area (Å²) in [7, 11) is 0. The van der Waals surface area contributed by atoms with Gasteiger partial charge in [0.15, 0.2) is 5.60 Å². The van der Waals surface area contributed by atoms with E-state index in [9.17, 15) is 19.8 Å². The summed E-state index contributed by atoms with van der Waals surface area (Å²) in [5, 5.41) is 22.6. The number of benzene rings is 2. The molecule has 1 amide bonds. The van der Waals surface area contributed by atoms with Crippen LogP contribution in [-0.4, -0.2) is 49.2 Å². The number of fused-ring (bicyclic) bond motifs is 3. The van der Waals surface area contributed by atoms with Gasteiger partial charge in [-0.15, -0.1) is 0 Å². The van der Waals surface area contributed by atoms with E-state index in [1.54, 1.807) is 50.2 Å². The summed E-state index contributed by atoms with van der Waals surface area (Å²) >= 11 is 1.10. The Hall–Kier alpha value is -3.38. The Morgan fingerprint density at radius 2 is 2.06 bits per heavy atom. The zero-order chi connectivity index (χ0) is 25.1. The summed E-state index contributed by atoms with van der Waals surface area (Å²) in [6.07, 6.45) is -1.55. The predicted molar refractivity (Wildman–Crippen MR) is 133 cm³/mol. The minimum absolute atomic E-state index is 0.0812. The van der Waals surface area contributed by atoms with Crippen LogP contribution in [-0.2, 0) is 15.1 Å². The van der Waals surface area contributed by atoms with Crippen molar-refractivity contribution in [2.24, 2.45) is 0 Å². The first-order chi connectivity index (χ1) is 16.5. The molecule has 182 valence electrons. The van der Waals surface area contributed by atoms with Crippen molar-refractivity contribution in [3.8, 4) is 0 Å². The molecule has 0 unspecified atom stereocenters. The largest absolute Gasteiger partial charge is 0.386 e. The molecule has 5 rings (SSSR count). The number of rotatable bonds is 4. The molecular weight excluding hydrogens is 470 g/mol. The van der Waals surface area contributed by atoms with Crippen LogP contribution in [0.15, 0.2) is 41.2 Å². The van der Waals surface area contributed by atoms with Crippen molar-refractivity contribution >= 4 is 49.9 Å². The van der Waals surface area contributed by atoms with Crippen molar-refractivity contribution in [1.82, 2.24) is 14.3 Å². The molecule has 1 saturated heterocycles. The standard InChI is InChI=1S/C24H25N5O5S/c1-23(2,33)12-5-4-6-13(11-12)29-9-10-34-24(3,22(29)32)18(30)20-26-15-8-7-14-17(35-28-19(14)25)16(15)21(31)27-20/h4-8,11,18,30,33H,9-10H2,1-3H3,(H2,25,28)(H,26,27,31)/t18-,24-/m0/s1. The van der Waals surface area contributed by atoms with Crippen molar-refractivity contribution in [2.45, 2.75) is 38.1 Å². The minimum atomic E-state index is -1.70. The number of aliphatic hydroxyl groups is 2. The number of morpholine rings is 1. The van der Waals surface area contributed by atoms with Gasteiger partial charge in [0, 0.05) is 17.6 Å². The molecule has 4 aromatic rings. The molecule has 0 radical (unpaired) electrons. The fraction of sp³-hybridized carbons (Fsp3) is 0.333. The number of ether oxygens (including phenoxy) is 1. The van der Waals surface area contributed by atoms with Crippen molar-refractivity contribution in [3.63, 3.8) is 0 Å². The summed E-state index contributed by atoms with van der Waals surface area (Å²) in [4.78, 5) is 35.1. The zero-order valence-electron chi connectivity index (χ0n) is 19.4. The lowest BCUT2D eigenvalue weighted by molar-refractivity contribution is -0.167. The molecule has 2 atom stereocenters. The third-order valence-corrected chi connectivity index (χ3v) is 7.28. The number of hydrogen-bond acceptors (Lipinski definition) is 9. The molecule has 3 heterocycles. The number of H-pyrrole nitrogens is 1. The molecule has 0 aliphatic carbocycles. The molecule has 2 aromatic carbocycles. The summed E-state index contributed by atoms with van der Waals surface area (Å²) in [5.74, 6) is -0.238. The van der Waals surface area contributed by atoms with Crippen LogP contribution in [0.2, 0.25) is 0 Å². The molecule has 2 aromatic heterocycles. The molecule has 1 fully saturated rings. The fourth-order valence-electron chi connectivity index (χ4n) is 4.33. The van der Waals surface area contributed by atoms with Gasteiger partial charge in [-0.25, -0.2) is 4.98 Å². The normalized spacial score (nSPS) is 20.0. The number of nitrogens with zero attached hydrogens (tertiary/aromatic N) is 3. The third-order valence-electron chi connectivity index (χ3n) is 6.39. The van der Waals surface area contributed by atoms with Gasteiger partial charge in [-0.3, -0.25) is 9.59 Å². The number of aromatic nitrogens is 3. The number of nitrogens with one attached hydrogen (secondary N) is 1. The molecule has 0 spiro atoms. The van der Waals surface area contributed by atoms with E-state index in [0.717, 1.165) is 11.5 Å². The van der Waals surface area contributed by atoms with Crippen molar-refractivity contribution in [1.29, 1.82) is 0 Å². The summed E-state index contributed by atoms with van der Waals surface area (Å²) in [6.45, 7) is 5.23. The van der Waals surface area contributed by atoms with Crippen LogP contribution in [0.3, 0.4) is 0 Å². The minimum Gasteiger partial charge on any atom is -0.386 e. The average molecular weight is 496 g/mol. The Kier molecular flexibility index (Phi) is 5.40. The highest BCUT2D eigenvalue weighted by Crippen LogP contribution is 2.36. The summed E-state index contributed by atoms with van der Waals surface area (Å²) in [6, 6.07) is 10.4. The molecule has 11 heteroatoms. The maximum Gasteiger partial charge on any atom is 0.262 e. The van der Waals surface area contributed by atoms with Crippen LogP contribution in [0.1, 0.15) is 38.3 Å². The van der Waals surface area contributed by atoms with Gasteiger partial charge in [-0.2, -0.15) is 4.37 Å². The lowest BCUT2D eigenvalue weighted by atomic mass is 9.93. The molecule has 0 bridgehead atoms. The van der Waals surface area contributed by atoms with E-state index >= 15 is 0 Å². The molecule has 0 saturated carbocycles. The van der Waals surface area contributed by atoms with Gasteiger partial charge in [0.05, 0.1) is 27.8 Å². The summed E-state index contributed by atoms with van der Waals surface area (Å²) in [5.41, 5.74) is 4.18. The Bertz CT molecular complexity index is 1520. The van der Waals surface area contributed by atoms with E-state index in [2.05, 4.69) is 14.3 Å². The second-order valence-corrected chi connectivity index (χ2v) is 10.1. The Morgan fingerprint density at radius 1 is 1.29 bits per heavy atom. The smallest absolute Gasteiger partial charge is 0.262 e. The van der Waals surface area contributed by atoms with Crippen molar-refractivity contribution < 1.29 is 19.7 Å². The van der Waals surface area contributed by atoms with Gasteiger partial charge in [0.25, 0.3) is 11.5 Å². The van der Waals surface area contributed by atoms with E-state index < -0.39 is 28.8 Å². The molecular formula is C24H25N5O5S. The number of aromatic amines is 1. The van der Waals surface area contributed by atoms with Gasteiger partial charge < -0.3 is 30.6 Å². The molecule has 1 aliphatic rings. The lowest BCUT2D eigenvalue weighted by Gasteiger charge is -2.41. The van der Waals surface area contributed by atoms with Crippen LogP contribution in [0.4, 0.5) is 11.5 Å². The van der Waals surface area contributed by atoms with Crippen LogP contribution in [0.25, 0.3) is 21.0 Å². The predicted octanol–water partition coefficient (Wildman–Crippen LogP) is 2.20. The summed E-state index contributed by atoms with van der Waals surface area (Å²) < 4.78 is 10.5. The second-order valence-electron chi connectivity index (χ2n) is 9.28. The number of nitrogens with two attached hydrogens (primary N) is 1. The van der Waals surface area contributed by atoms with Crippen molar-refractivity contribution in [2.75, 3.05) is 23.8 Å². The van der Waals surface area contributed by atoms with Crippen LogP contribution < -0.4 is 16.2 Å². The Balaban J connectivity index is 1.53. The van der Waals surface area contributed by atoms with Gasteiger partial charge >= 0.3 is 0 Å². The SMILES string of the molecule is CC(C)(O)c1cccc(N2CCO[C@@](C)([C@@H](O)c3nc4ccc5c(N)nsc5c4c(=O)[nH]3)C2=O)c1. The fourth-order valence-corrected chi connectivity index (χ4v) is 5.18. The first-order valence-electron chi connectivity index (χ1n) is 11.1. The quantitative estimate of drug-likeness (QED) is 0.336. The average Bonchev–Trinajstić information content (AvgIpc) is 3.20. The van der Waals surface area contributed by atoms with Crippen LogP contribution in [0, 0.1) is 0 Å². The van der Waals surface area contributed by atoms with E-state index in [1.165, 1.54) is 11.8 Å². The first kappa shape index (κ1) is 23.4. The van der Waals surface area contributed by atoms with E-state index in [4.69, 9.17) is 10.5 Å². The maximum atomic E-state index is 13.6. The second kappa shape index (κ2) is 8.09. The number of aliphatic hydroxyl groups excluding tert-OH is 1. The molecule has 10 nitrogen and oxygen atoms in total. The highest BCUT2D eigenvalue weighted by Gasteiger charge is 2.49. The topological polar surface area (TPSA) is 155 Å². The van der Waals surface area contributed by atoms with Gasteiger partial charge in [0.1, 0.15) is 17.7 Å². The molecule has 35 heavy (non-hydrogen) atoms. The van der Waals surface area contributed by atoms with Gasteiger partial charge in [-0.1, -0.05) is 12.1 Å². The Labute approximate surface area is 204 Å². The number of nitrogen functional groups attached to an aromatic ring is 1. The van der Waals surface area contributed by atoms with Gasteiger partial charge in [0.2, 0.25) is 0 Å². The van der Waals surface area contributed by atoms with E-state index in [1.807, 2.05) is 0 Å². The number of carbonyl (C=O) groups excluding carboxylic acids is 1. The monoisotopic (exact) mass is 495 g/mol. The van der Waals surface area contributed by atoms with Crippen molar-refractivity contribution in [3.05, 3.63) is 58.1 Å². The van der Waals surface area contributed by atoms with Crippen LogP contribution >= 0.6 is 11.5 Å². The number of anilines is 2. The van der Waals surface area contributed by atoms with E-state index in [0.29, 0.717) is 38.1 Å². The number of amides is 1. The first-order valence-corrected chi connectivity index (χ1v) is 11.8. The third kappa shape index (κ3) is 3.76. The molecule has 5 N–H and O–H groups in total. The highest BCUT2D eigenvalue weighted by molar-refractivity contribution is 7.14. The number of carbonyl (C=O) groups is 1.